The Hall–Kier alpha value is -1.43. The van der Waals surface area contributed by atoms with Gasteiger partial charge < -0.3 is 15.2 Å². The maximum Gasteiger partial charge on any atom is 0.326 e. The van der Waals surface area contributed by atoms with Crippen molar-refractivity contribution in [2.75, 3.05) is 13.7 Å². The number of ether oxygens (including phenoxy) is 1. The van der Waals surface area contributed by atoms with Crippen molar-refractivity contribution < 1.29 is 24.2 Å². The van der Waals surface area contributed by atoms with E-state index in [4.69, 9.17) is 5.11 Å². The van der Waals surface area contributed by atoms with Crippen LogP contribution in [-0.2, 0) is 19.1 Å². The summed E-state index contributed by atoms with van der Waals surface area (Å²) in [5, 5.41) is 10.8. The molecular weight excluding hydrogens is 190 g/mol. The molecule has 0 aromatic heterocycles. The number of hydrogen-bond acceptors (Lipinski definition) is 4. The molecule has 80 valence electrons. The Morgan fingerprint density at radius 3 is 2.36 bits per heavy atom. The Morgan fingerprint density at radius 1 is 1.43 bits per heavy atom. The largest absolute Gasteiger partial charge is 0.480 e. The van der Waals surface area contributed by atoms with E-state index in [0.717, 1.165) is 0 Å². The summed E-state index contributed by atoms with van der Waals surface area (Å²) in [7, 11) is 1.32. The number of carboxylic acid groups (broad SMARTS) is 1. The summed E-state index contributed by atoms with van der Waals surface area (Å²) in [6.07, 6.45) is -0.217. The van der Waals surface area contributed by atoms with E-state index in [1.165, 1.54) is 14.0 Å². The van der Waals surface area contributed by atoms with Gasteiger partial charge in [0.15, 0.2) is 0 Å². The molecule has 0 saturated heterocycles. The summed E-state index contributed by atoms with van der Waals surface area (Å²) in [5.41, 5.74) is 0. The summed E-state index contributed by atoms with van der Waals surface area (Å²) in [6, 6.07) is -1.17. The third kappa shape index (κ3) is 5.26. The SMILES string of the molecule is COCC(=O)NC(CC(C)=O)C(=O)O. The van der Waals surface area contributed by atoms with Crippen molar-refractivity contribution in [3.8, 4) is 0 Å². The van der Waals surface area contributed by atoms with Crippen LogP contribution in [0.1, 0.15) is 13.3 Å². The van der Waals surface area contributed by atoms with Crippen molar-refractivity contribution in [3.63, 3.8) is 0 Å². The molecule has 0 saturated carbocycles. The molecule has 1 amide bonds. The summed E-state index contributed by atoms with van der Waals surface area (Å²) >= 11 is 0. The predicted octanol–water partition coefficient (Wildman–Crippen LogP) is -0.819. The third-order valence-corrected chi connectivity index (χ3v) is 1.40. The molecule has 0 fully saturated rings. The molecule has 0 spiro atoms. The van der Waals surface area contributed by atoms with E-state index in [1.54, 1.807) is 0 Å². The van der Waals surface area contributed by atoms with Crippen LogP contribution in [0.25, 0.3) is 0 Å². The molecule has 1 atom stereocenters. The monoisotopic (exact) mass is 203 g/mol. The second-order valence-corrected chi connectivity index (χ2v) is 2.80. The first-order chi connectivity index (χ1) is 6.47. The zero-order valence-corrected chi connectivity index (χ0v) is 8.07. The Bertz CT molecular complexity index is 238. The van der Waals surface area contributed by atoms with Gasteiger partial charge >= 0.3 is 5.97 Å². The average molecular weight is 203 g/mol. The molecular formula is C8H13NO5. The van der Waals surface area contributed by atoms with Crippen LogP contribution in [0.5, 0.6) is 0 Å². The number of rotatable bonds is 6. The summed E-state index contributed by atoms with van der Waals surface area (Å²) in [6.45, 7) is 1.04. The summed E-state index contributed by atoms with van der Waals surface area (Å²) < 4.78 is 4.50. The molecule has 0 aliphatic heterocycles. The number of Topliss-reactive ketones (excluding diaryl/α,β-unsaturated/α-hetero) is 1. The fourth-order valence-electron chi connectivity index (χ4n) is 0.855. The first-order valence-corrected chi connectivity index (χ1v) is 3.98. The highest BCUT2D eigenvalue weighted by atomic mass is 16.5. The molecule has 0 aromatic carbocycles. The molecule has 14 heavy (non-hydrogen) atoms. The summed E-state index contributed by atoms with van der Waals surface area (Å²) in [5.74, 6) is -2.08. The number of carbonyl (C=O) groups is 3. The molecule has 0 radical (unpaired) electrons. The first kappa shape index (κ1) is 12.6. The van der Waals surface area contributed by atoms with Gasteiger partial charge in [-0.3, -0.25) is 9.59 Å². The van der Waals surface area contributed by atoms with Crippen LogP contribution >= 0.6 is 0 Å². The zero-order valence-electron chi connectivity index (χ0n) is 8.07. The number of ketones is 1. The normalized spacial score (nSPS) is 11.9. The van der Waals surface area contributed by atoms with Gasteiger partial charge in [0.25, 0.3) is 0 Å². The van der Waals surface area contributed by atoms with Crippen LogP contribution < -0.4 is 5.32 Å². The van der Waals surface area contributed by atoms with Crippen molar-refractivity contribution in [1.29, 1.82) is 0 Å². The van der Waals surface area contributed by atoms with Crippen LogP contribution in [0.3, 0.4) is 0 Å². The van der Waals surface area contributed by atoms with Crippen molar-refractivity contribution in [3.05, 3.63) is 0 Å². The van der Waals surface area contributed by atoms with E-state index >= 15 is 0 Å². The molecule has 0 aliphatic rings. The van der Waals surface area contributed by atoms with Crippen molar-refractivity contribution in [2.24, 2.45) is 0 Å². The van der Waals surface area contributed by atoms with Gasteiger partial charge in [-0.05, 0) is 6.92 Å². The van der Waals surface area contributed by atoms with Gasteiger partial charge in [-0.25, -0.2) is 4.79 Å². The standard InChI is InChI=1S/C8H13NO5/c1-5(10)3-6(8(12)13)9-7(11)4-14-2/h6H,3-4H2,1-2H3,(H,9,11)(H,12,13). The lowest BCUT2D eigenvalue weighted by Crippen LogP contribution is -2.43. The number of hydrogen-bond donors (Lipinski definition) is 2. The van der Waals surface area contributed by atoms with E-state index in [0.29, 0.717) is 0 Å². The van der Waals surface area contributed by atoms with Crippen molar-refractivity contribution in [2.45, 2.75) is 19.4 Å². The number of nitrogens with one attached hydrogen (secondary N) is 1. The maximum absolute atomic E-state index is 10.9. The van der Waals surface area contributed by atoms with Crippen LogP contribution in [0.15, 0.2) is 0 Å². The van der Waals surface area contributed by atoms with Gasteiger partial charge in [-0.2, -0.15) is 0 Å². The minimum atomic E-state index is -1.23. The Labute approximate surface area is 81.2 Å². The fourth-order valence-corrected chi connectivity index (χ4v) is 0.855. The lowest BCUT2D eigenvalue weighted by molar-refractivity contribution is -0.143. The average Bonchev–Trinajstić information content (AvgIpc) is 2.02. The highest BCUT2D eigenvalue weighted by Gasteiger charge is 2.21. The van der Waals surface area contributed by atoms with Gasteiger partial charge in [0.05, 0.1) is 0 Å². The van der Waals surface area contributed by atoms with Gasteiger partial charge in [-0.1, -0.05) is 0 Å². The highest BCUT2D eigenvalue weighted by Crippen LogP contribution is 1.93. The molecule has 6 heteroatoms. The minimum Gasteiger partial charge on any atom is -0.480 e. The van der Waals surface area contributed by atoms with E-state index in [-0.39, 0.29) is 18.8 Å². The number of methoxy groups -OCH3 is 1. The third-order valence-electron chi connectivity index (χ3n) is 1.40. The number of aliphatic carboxylic acids is 1. The smallest absolute Gasteiger partial charge is 0.326 e. The first-order valence-electron chi connectivity index (χ1n) is 3.98. The Balaban J connectivity index is 4.16. The fraction of sp³-hybridized carbons (Fsp3) is 0.625. The van der Waals surface area contributed by atoms with Crippen LogP contribution in [0.2, 0.25) is 0 Å². The topological polar surface area (TPSA) is 92.7 Å². The lowest BCUT2D eigenvalue weighted by Gasteiger charge is -2.12. The minimum absolute atomic E-state index is 0.217. The number of carboxylic acids is 1. The van der Waals surface area contributed by atoms with E-state index < -0.39 is 17.9 Å². The number of carbonyl (C=O) groups excluding carboxylic acids is 2. The van der Waals surface area contributed by atoms with Crippen LogP contribution in [-0.4, -0.2) is 42.5 Å². The quantitative estimate of drug-likeness (QED) is 0.588. The molecule has 6 nitrogen and oxygen atoms in total. The zero-order chi connectivity index (χ0) is 11.1. The maximum atomic E-state index is 10.9. The Kier molecular flexibility index (Phi) is 5.47. The summed E-state index contributed by atoms with van der Waals surface area (Å²) in [4.78, 5) is 32.1. The van der Waals surface area contributed by atoms with Crippen LogP contribution in [0, 0.1) is 0 Å². The predicted molar refractivity (Wildman–Crippen MR) is 46.7 cm³/mol. The van der Waals surface area contributed by atoms with Gasteiger partial charge in [0.1, 0.15) is 18.4 Å². The second-order valence-electron chi connectivity index (χ2n) is 2.80. The highest BCUT2D eigenvalue weighted by molar-refractivity contribution is 5.88. The van der Waals surface area contributed by atoms with Crippen molar-refractivity contribution in [1.82, 2.24) is 5.32 Å². The second kappa shape index (κ2) is 6.09. The lowest BCUT2D eigenvalue weighted by atomic mass is 10.1. The molecule has 0 heterocycles. The van der Waals surface area contributed by atoms with Crippen LogP contribution in [0.4, 0.5) is 0 Å². The van der Waals surface area contributed by atoms with E-state index in [9.17, 15) is 14.4 Å². The molecule has 0 rings (SSSR count). The molecule has 0 aromatic rings. The molecule has 0 bridgehead atoms. The Morgan fingerprint density at radius 2 is 2.00 bits per heavy atom. The van der Waals surface area contributed by atoms with Gasteiger partial charge in [0.2, 0.25) is 5.91 Å². The van der Waals surface area contributed by atoms with E-state index in [1.807, 2.05) is 0 Å². The molecule has 2 N–H and O–H groups in total. The van der Waals surface area contributed by atoms with Gasteiger partial charge in [0, 0.05) is 13.5 Å². The van der Waals surface area contributed by atoms with Crippen molar-refractivity contribution >= 4 is 17.7 Å². The number of amides is 1. The molecule has 0 aliphatic carbocycles. The van der Waals surface area contributed by atoms with E-state index in [2.05, 4.69) is 10.1 Å². The van der Waals surface area contributed by atoms with Gasteiger partial charge in [-0.15, -0.1) is 0 Å². The molecule has 1 unspecified atom stereocenters.